The van der Waals surface area contributed by atoms with Gasteiger partial charge >= 0.3 is 0 Å². The van der Waals surface area contributed by atoms with Crippen LogP contribution in [0.25, 0.3) is 22.3 Å². The van der Waals surface area contributed by atoms with Crippen molar-refractivity contribution >= 4 is 16.9 Å². The number of carbonyl (C=O) groups excluding carboxylic acids is 1. The average molecular weight is 564 g/mol. The Morgan fingerprint density at radius 1 is 1.05 bits per heavy atom. The second-order valence-corrected chi connectivity index (χ2v) is 13.3. The highest BCUT2D eigenvalue weighted by atomic mass is 16.2. The molecule has 6 rings (SSSR count). The minimum atomic E-state index is -0.630. The summed E-state index contributed by atoms with van der Waals surface area (Å²) in [7, 11) is 0. The maximum atomic E-state index is 14.0. The van der Waals surface area contributed by atoms with Crippen LogP contribution in [0.5, 0.6) is 0 Å². The molecule has 1 amide bonds. The monoisotopic (exact) mass is 563 g/mol. The number of H-pyrrole nitrogens is 1. The van der Waals surface area contributed by atoms with Crippen LogP contribution in [-0.2, 0) is 16.6 Å². The quantitative estimate of drug-likeness (QED) is 0.204. The van der Waals surface area contributed by atoms with Crippen molar-refractivity contribution in [3.8, 4) is 11.3 Å². The van der Waals surface area contributed by atoms with Crippen LogP contribution in [0.3, 0.4) is 0 Å². The van der Waals surface area contributed by atoms with Crippen LogP contribution in [0.1, 0.15) is 86.6 Å². The fraction of sp³-hybridized carbons (Fsp3) is 0.472. The zero-order valence-corrected chi connectivity index (χ0v) is 25.8. The van der Waals surface area contributed by atoms with Crippen molar-refractivity contribution in [2.24, 2.45) is 0 Å². The van der Waals surface area contributed by atoms with E-state index in [4.69, 9.17) is 4.98 Å². The van der Waals surface area contributed by atoms with Crippen LogP contribution >= 0.6 is 0 Å². The second kappa shape index (κ2) is 11.6. The number of hydrogen-bond donors (Lipinski definition) is 2. The van der Waals surface area contributed by atoms with E-state index in [2.05, 4.69) is 91.2 Å². The highest BCUT2D eigenvalue weighted by Crippen LogP contribution is 2.42. The lowest BCUT2D eigenvalue weighted by Crippen LogP contribution is -2.46. The van der Waals surface area contributed by atoms with Crippen LogP contribution in [-0.4, -0.2) is 50.9 Å². The van der Waals surface area contributed by atoms with Crippen molar-refractivity contribution in [1.29, 1.82) is 0 Å². The molecule has 2 bridgehead atoms. The largest absolute Gasteiger partial charge is 0.339 e. The summed E-state index contributed by atoms with van der Waals surface area (Å²) in [6.45, 7) is 12.6. The van der Waals surface area contributed by atoms with Crippen LogP contribution < -0.4 is 5.32 Å². The summed E-state index contributed by atoms with van der Waals surface area (Å²) in [5, 5.41) is 4.84. The number of aromatic nitrogens is 3. The van der Waals surface area contributed by atoms with Crippen molar-refractivity contribution in [1.82, 2.24) is 25.2 Å². The molecule has 1 aromatic carbocycles. The molecule has 2 saturated heterocycles. The molecule has 220 valence electrons. The van der Waals surface area contributed by atoms with E-state index in [1.807, 2.05) is 18.6 Å². The van der Waals surface area contributed by atoms with E-state index >= 15 is 0 Å². The molecule has 2 fully saturated rings. The molecule has 0 unspecified atom stereocenters. The van der Waals surface area contributed by atoms with Gasteiger partial charge in [0.05, 0.1) is 11.1 Å². The average Bonchev–Trinajstić information content (AvgIpc) is 3.69. The van der Waals surface area contributed by atoms with Crippen molar-refractivity contribution in [2.75, 3.05) is 13.1 Å². The van der Waals surface area contributed by atoms with Gasteiger partial charge in [0.25, 0.3) is 0 Å². The van der Waals surface area contributed by atoms with E-state index in [-0.39, 0.29) is 11.8 Å². The Bertz CT molecular complexity index is 1530. The number of aromatic amines is 1. The molecule has 2 aliphatic rings. The Hall–Kier alpha value is -3.51. The molecule has 4 aromatic rings. The van der Waals surface area contributed by atoms with Gasteiger partial charge in [0, 0.05) is 42.6 Å². The van der Waals surface area contributed by atoms with Crippen LogP contribution in [0.15, 0.2) is 55.0 Å². The first-order valence-electron chi connectivity index (χ1n) is 15.8. The molecule has 6 heteroatoms. The SMILES string of the molecule is Cc1cc(C)cc(-c2[nH]c3ncc(C(C)(C)C(=O)N4C5CCC4CC5)cc3c2[C@H](C)CNCCCc2ccncc2)c1. The first-order valence-corrected chi connectivity index (χ1v) is 15.8. The van der Waals surface area contributed by atoms with E-state index in [9.17, 15) is 4.79 Å². The number of benzene rings is 1. The van der Waals surface area contributed by atoms with Crippen molar-refractivity contribution < 1.29 is 4.79 Å². The third-order valence-corrected chi connectivity index (χ3v) is 9.66. The molecule has 2 aliphatic heterocycles. The lowest BCUT2D eigenvalue weighted by atomic mass is 9.82. The molecule has 6 nitrogen and oxygen atoms in total. The van der Waals surface area contributed by atoms with Gasteiger partial charge in [-0.15, -0.1) is 0 Å². The fourth-order valence-corrected chi connectivity index (χ4v) is 7.37. The number of pyridine rings is 2. The smallest absolute Gasteiger partial charge is 0.233 e. The lowest BCUT2D eigenvalue weighted by molar-refractivity contribution is -0.137. The molecule has 0 aliphatic carbocycles. The number of nitrogens with zero attached hydrogens (tertiary/aromatic N) is 3. The Labute approximate surface area is 250 Å². The van der Waals surface area contributed by atoms with Crippen molar-refractivity contribution in [3.05, 3.63) is 82.8 Å². The number of carbonyl (C=O) groups is 1. The third kappa shape index (κ3) is 5.49. The molecule has 0 spiro atoms. The summed E-state index contributed by atoms with van der Waals surface area (Å²) in [5.74, 6) is 0.505. The Morgan fingerprint density at radius 2 is 1.71 bits per heavy atom. The fourth-order valence-electron chi connectivity index (χ4n) is 7.37. The van der Waals surface area contributed by atoms with Crippen molar-refractivity contribution in [3.63, 3.8) is 0 Å². The molecular formula is C36H45N5O. The summed E-state index contributed by atoms with van der Waals surface area (Å²) in [6, 6.07) is 14.0. The van der Waals surface area contributed by atoms with E-state index in [0.717, 1.165) is 73.9 Å². The molecule has 5 heterocycles. The predicted octanol–water partition coefficient (Wildman–Crippen LogP) is 7.00. The summed E-state index contributed by atoms with van der Waals surface area (Å²) >= 11 is 0. The van der Waals surface area contributed by atoms with Crippen LogP contribution in [0.4, 0.5) is 0 Å². The summed E-state index contributed by atoms with van der Waals surface area (Å²) < 4.78 is 0. The molecule has 0 radical (unpaired) electrons. The number of aryl methyl sites for hydroxylation is 3. The topological polar surface area (TPSA) is 73.9 Å². The Balaban J connectivity index is 1.30. The zero-order valence-electron chi connectivity index (χ0n) is 25.8. The molecule has 2 N–H and O–H groups in total. The minimum absolute atomic E-state index is 0.251. The summed E-state index contributed by atoms with van der Waals surface area (Å²) in [6.07, 6.45) is 12.4. The second-order valence-electron chi connectivity index (χ2n) is 13.3. The number of hydrogen-bond acceptors (Lipinski definition) is 4. The molecule has 0 saturated carbocycles. The molecule has 1 atom stereocenters. The van der Waals surface area contributed by atoms with E-state index in [0.29, 0.717) is 12.1 Å². The Morgan fingerprint density at radius 3 is 2.38 bits per heavy atom. The lowest BCUT2D eigenvalue weighted by Gasteiger charge is -2.32. The van der Waals surface area contributed by atoms with Gasteiger partial charge in [0.15, 0.2) is 0 Å². The molecule has 3 aromatic heterocycles. The third-order valence-electron chi connectivity index (χ3n) is 9.66. The maximum absolute atomic E-state index is 14.0. The highest BCUT2D eigenvalue weighted by Gasteiger charge is 2.47. The van der Waals surface area contributed by atoms with Gasteiger partial charge in [-0.2, -0.15) is 0 Å². The van der Waals surface area contributed by atoms with Gasteiger partial charge in [-0.05, 0) is 131 Å². The van der Waals surface area contributed by atoms with E-state index in [1.165, 1.54) is 27.8 Å². The van der Waals surface area contributed by atoms with E-state index in [1.54, 1.807) is 0 Å². The Kier molecular flexibility index (Phi) is 7.93. The maximum Gasteiger partial charge on any atom is 0.233 e. The minimum Gasteiger partial charge on any atom is -0.339 e. The van der Waals surface area contributed by atoms with Gasteiger partial charge in [-0.3, -0.25) is 9.78 Å². The zero-order chi connectivity index (χ0) is 29.4. The first kappa shape index (κ1) is 28.6. The number of fused-ring (bicyclic) bond motifs is 3. The van der Waals surface area contributed by atoms with Crippen LogP contribution in [0.2, 0.25) is 0 Å². The normalized spacial score (nSPS) is 19.1. The van der Waals surface area contributed by atoms with Gasteiger partial charge in [0.1, 0.15) is 5.65 Å². The van der Waals surface area contributed by atoms with E-state index < -0.39 is 5.41 Å². The number of nitrogens with one attached hydrogen (secondary N) is 2. The first-order chi connectivity index (χ1) is 20.2. The van der Waals surface area contributed by atoms with Crippen LogP contribution in [0, 0.1) is 13.8 Å². The number of amides is 1. The van der Waals surface area contributed by atoms with Gasteiger partial charge in [-0.1, -0.05) is 24.1 Å². The van der Waals surface area contributed by atoms with Gasteiger partial charge in [-0.25, -0.2) is 4.98 Å². The number of rotatable bonds is 10. The van der Waals surface area contributed by atoms with Crippen molar-refractivity contribution in [2.45, 2.75) is 96.6 Å². The predicted molar refractivity (Wildman–Crippen MR) is 171 cm³/mol. The summed E-state index contributed by atoms with van der Waals surface area (Å²) in [4.78, 5) is 28.9. The highest BCUT2D eigenvalue weighted by molar-refractivity contribution is 5.93. The molecule has 42 heavy (non-hydrogen) atoms. The van der Waals surface area contributed by atoms with Gasteiger partial charge < -0.3 is 15.2 Å². The summed E-state index contributed by atoms with van der Waals surface area (Å²) in [5.41, 5.74) is 8.67. The molecular weight excluding hydrogens is 518 g/mol. The van der Waals surface area contributed by atoms with Gasteiger partial charge in [0.2, 0.25) is 5.91 Å². The standard InChI is InChI=1S/C36H45N5O/c1-23-17-24(2)19-27(18-23)33-32(25(3)21-38-14-6-7-26-12-15-37-16-13-26)31-20-28(22-39-34(31)40-33)36(4,5)35(42)41-29-8-9-30(41)11-10-29/h12-13,15-20,22,25,29-30,38H,6-11,14,21H2,1-5H3,(H,39,40)/t25-,29?,30?/m1/s1.